The zero-order chi connectivity index (χ0) is 23.5. The van der Waals surface area contributed by atoms with Gasteiger partial charge in [0.25, 0.3) is 5.91 Å². The number of nitrogens with two attached hydrogens (primary N) is 1. The molecule has 172 valence electrons. The van der Waals surface area contributed by atoms with E-state index in [1.807, 2.05) is 43.9 Å². The van der Waals surface area contributed by atoms with Crippen LogP contribution in [0.25, 0.3) is 0 Å². The summed E-state index contributed by atoms with van der Waals surface area (Å²) in [7, 11) is 0. The molecule has 1 fully saturated rings. The van der Waals surface area contributed by atoms with E-state index in [0.717, 1.165) is 38.2 Å². The number of esters is 1. The number of likely N-dealkylation sites (tertiary alicyclic amines) is 1. The molecule has 0 radical (unpaired) electrons. The van der Waals surface area contributed by atoms with Gasteiger partial charge in [0.15, 0.2) is 5.71 Å². The first kappa shape index (κ1) is 23.5. The molecule has 0 saturated carbocycles. The standard InChI is InChI=1S/C23H31N5O4/c1-15-19(20(29)26-22(24)31)25-17-7-5-6-8-18(17)28(15)14-13-27-11-9-16(10-12-27)21(30)32-23(2,3)4/h5-8,16H,1,9-14H2,2-4H3,(H3,24,26,29,31). The van der Waals surface area contributed by atoms with Gasteiger partial charge in [0.05, 0.1) is 23.0 Å². The maximum Gasteiger partial charge on any atom is 0.319 e. The summed E-state index contributed by atoms with van der Waals surface area (Å²) >= 11 is 0. The number of hydrogen-bond donors (Lipinski definition) is 2. The van der Waals surface area contributed by atoms with Crippen molar-refractivity contribution >= 4 is 35.0 Å². The topological polar surface area (TPSA) is 117 Å². The molecule has 0 aliphatic carbocycles. The van der Waals surface area contributed by atoms with Crippen LogP contribution in [0.1, 0.15) is 33.6 Å². The largest absolute Gasteiger partial charge is 0.460 e. The molecule has 0 aromatic heterocycles. The number of benzene rings is 1. The smallest absolute Gasteiger partial charge is 0.319 e. The number of nitrogens with one attached hydrogen (secondary N) is 1. The molecule has 0 bridgehead atoms. The summed E-state index contributed by atoms with van der Waals surface area (Å²) in [5, 5.41) is 2.06. The first-order valence-electron chi connectivity index (χ1n) is 10.8. The number of hydrogen-bond acceptors (Lipinski definition) is 7. The lowest BCUT2D eigenvalue weighted by atomic mass is 9.96. The zero-order valence-corrected chi connectivity index (χ0v) is 18.9. The third-order valence-electron chi connectivity index (χ3n) is 5.42. The average molecular weight is 442 g/mol. The van der Waals surface area contributed by atoms with Crippen LogP contribution in [0.2, 0.25) is 0 Å². The number of primary amides is 1. The van der Waals surface area contributed by atoms with Crippen molar-refractivity contribution in [2.75, 3.05) is 31.1 Å². The van der Waals surface area contributed by atoms with Crippen molar-refractivity contribution in [3.63, 3.8) is 0 Å². The van der Waals surface area contributed by atoms with Gasteiger partial charge in [-0.2, -0.15) is 0 Å². The highest BCUT2D eigenvalue weighted by Crippen LogP contribution is 2.35. The number of para-hydroxylation sites is 2. The molecule has 9 heteroatoms. The second-order valence-electron chi connectivity index (χ2n) is 9.02. The molecule has 3 rings (SSSR count). The molecule has 0 atom stereocenters. The Balaban J connectivity index is 1.63. The number of urea groups is 1. The first-order valence-corrected chi connectivity index (χ1v) is 10.8. The van der Waals surface area contributed by atoms with E-state index in [9.17, 15) is 14.4 Å². The van der Waals surface area contributed by atoms with E-state index in [1.165, 1.54) is 0 Å². The molecule has 0 unspecified atom stereocenters. The predicted molar refractivity (Wildman–Crippen MR) is 123 cm³/mol. The van der Waals surface area contributed by atoms with Crippen LogP contribution in [-0.4, -0.2) is 60.3 Å². The Morgan fingerprint density at radius 3 is 2.47 bits per heavy atom. The molecule has 2 aliphatic heterocycles. The van der Waals surface area contributed by atoms with E-state index in [-0.39, 0.29) is 17.6 Å². The van der Waals surface area contributed by atoms with Crippen LogP contribution in [0.5, 0.6) is 0 Å². The van der Waals surface area contributed by atoms with Crippen molar-refractivity contribution in [3.05, 3.63) is 36.5 Å². The molecule has 1 saturated heterocycles. The quantitative estimate of drug-likeness (QED) is 0.678. The Morgan fingerprint density at radius 2 is 1.84 bits per heavy atom. The maximum absolute atomic E-state index is 12.4. The maximum atomic E-state index is 12.4. The minimum Gasteiger partial charge on any atom is -0.460 e. The van der Waals surface area contributed by atoms with E-state index in [2.05, 4.69) is 21.8 Å². The summed E-state index contributed by atoms with van der Waals surface area (Å²) in [5.74, 6) is -0.885. The van der Waals surface area contributed by atoms with Crippen molar-refractivity contribution in [2.45, 2.75) is 39.2 Å². The van der Waals surface area contributed by atoms with Crippen LogP contribution < -0.4 is 16.0 Å². The SMILES string of the molecule is C=C1C(C(=O)NC(N)=O)=Nc2ccccc2N1CCN1CCC(C(=O)OC(C)(C)C)CC1. The van der Waals surface area contributed by atoms with Gasteiger partial charge in [0.2, 0.25) is 0 Å². The highest BCUT2D eigenvalue weighted by Gasteiger charge is 2.31. The van der Waals surface area contributed by atoms with E-state index >= 15 is 0 Å². The van der Waals surface area contributed by atoms with Crippen molar-refractivity contribution < 1.29 is 19.1 Å². The summed E-state index contributed by atoms with van der Waals surface area (Å²) in [6, 6.07) is 6.51. The molecular weight excluding hydrogens is 410 g/mol. The number of fused-ring (bicyclic) bond motifs is 1. The van der Waals surface area contributed by atoms with Gasteiger partial charge >= 0.3 is 12.0 Å². The number of carbonyl (C=O) groups is 3. The number of rotatable bonds is 5. The molecule has 3 amide bonds. The Bertz CT molecular complexity index is 942. The van der Waals surface area contributed by atoms with Gasteiger partial charge in [-0.05, 0) is 58.8 Å². The van der Waals surface area contributed by atoms with E-state index in [4.69, 9.17) is 10.5 Å². The van der Waals surface area contributed by atoms with Crippen LogP contribution in [0.4, 0.5) is 16.2 Å². The van der Waals surface area contributed by atoms with Crippen molar-refractivity contribution in [2.24, 2.45) is 16.6 Å². The van der Waals surface area contributed by atoms with Crippen LogP contribution in [0, 0.1) is 5.92 Å². The second kappa shape index (κ2) is 9.52. The molecule has 2 heterocycles. The first-order chi connectivity index (χ1) is 15.0. The molecule has 9 nitrogen and oxygen atoms in total. The van der Waals surface area contributed by atoms with E-state index < -0.39 is 17.5 Å². The lowest BCUT2D eigenvalue weighted by Gasteiger charge is -2.36. The number of amides is 3. The zero-order valence-electron chi connectivity index (χ0n) is 18.9. The number of piperidine rings is 1. The minimum atomic E-state index is -0.941. The second-order valence-corrected chi connectivity index (χ2v) is 9.02. The fourth-order valence-corrected chi connectivity index (χ4v) is 3.87. The molecule has 0 spiro atoms. The molecule has 2 aliphatic rings. The van der Waals surface area contributed by atoms with Crippen molar-refractivity contribution in [1.82, 2.24) is 10.2 Å². The Hall–Kier alpha value is -3.20. The Kier molecular flexibility index (Phi) is 6.98. The van der Waals surface area contributed by atoms with E-state index in [0.29, 0.717) is 17.9 Å². The fourth-order valence-electron chi connectivity index (χ4n) is 3.87. The fraction of sp³-hybridized carbons (Fsp3) is 0.478. The average Bonchev–Trinajstić information content (AvgIpc) is 2.71. The molecule has 1 aromatic carbocycles. The Labute approximate surface area is 188 Å². The number of carbonyl (C=O) groups excluding carboxylic acids is 3. The third-order valence-corrected chi connectivity index (χ3v) is 5.42. The van der Waals surface area contributed by atoms with E-state index in [1.54, 1.807) is 6.07 Å². The van der Waals surface area contributed by atoms with Gasteiger partial charge in [-0.1, -0.05) is 18.7 Å². The van der Waals surface area contributed by atoms with Gasteiger partial charge in [0, 0.05) is 13.1 Å². The lowest BCUT2D eigenvalue weighted by molar-refractivity contribution is -0.161. The van der Waals surface area contributed by atoms with Gasteiger partial charge in [-0.3, -0.25) is 14.9 Å². The van der Waals surface area contributed by atoms with Crippen LogP contribution >= 0.6 is 0 Å². The molecule has 32 heavy (non-hydrogen) atoms. The van der Waals surface area contributed by atoms with Crippen molar-refractivity contribution in [1.29, 1.82) is 0 Å². The number of aliphatic imine (C=N–C) groups is 1. The number of imide groups is 1. The summed E-state index contributed by atoms with van der Waals surface area (Å²) in [6.07, 6.45) is 1.50. The van der Waals surface area contributed by atoms with Gasteiger partial charge < -0.3 is 20.3 Å². The normalized spacial score (nSPS) is 17.4. The lowest BCUT2D eigenvalue weighted by Crippen LogP contribution is -2.46. The van der Waals surface area contributed by atoms with Crippen LogP contribution in [-0.2, 0) is 14.3 Å². The molecule has 3 N–H and O–H groups in total. The van der Waals surface area contributed by atoms with Gasteiger partial charge in [-0.25, -0.2) is 9.79 Å². The summed E-state index contributed by atoms with van der Waals surface area (Å²) < 4.78 is 5.52. The highest BCUT2D eigenvalue weighted by atomic mass is 16.6. The van der Waals surface area contributed by atoms with Crippen molar-refractivity contribution in [3.8, 4) is 0 Å². The predicted octanol–water partition coefficient (Wildman–Crippen LogP) is 2.34. The van der Waals surface area contributed by atoms with Crippen LogP contribution in [0.15, 0.2) is 41.5 Å². The number of nitrogens with zero attached hydrogens (tertiary/aromatic N) is 3. The summed E-state index contributed by atoms with van der Waals surface area (Å²) in [4.78, 5) is 44.4. The molecular formula is C23H31N5O4. The molecule has 1 aromatic rings. The Morgan fingerprint density at radius 1 is 1.19 bits per heavy atom. The van der Waals surface area contributed by atoms with Gasteiger partial charge in [-0.15, -0.1) is 0 Å². The monoisotopic (exact) mass is 441 g/mol. The summed E-state index contributed by atoms with van der Waals surface area (Å²) in [5.41, 5.74) is 6.55. The summed E-state index contributed by atoms with van der Waals surface area (Å²) in [6.45, 7) is 12.6. The van der Waals surface area contributed by atoms with Gasteiger partial charge in [0.1, 0.15) is 5.60 Å². The number of anilines is 1. The number of ether oxygens (including phenoxy) is 1. The third kappa shape index (κ3) is 5.73. The minimum absolute atomic E-state index is 0.0612. The van der Waals surface area contributed by atoms with Crippen LogP contribution in [0.3, 0.4) is 0 Å². The highest BCUT2D eigenvalue weighted by molar-refractivity contribution is 6.48.